The van der Waals surface area contributed by atoms with Crippen molar-refractivity contribution in [2.45, 2.75) is 12.6 Å². The molecule has 1 aromatic rings. The Morgan fingerprint density at radius 2 is 2.22 bits per heavy atom. The first kappa shape index (κ1) is 15.2. The summed E-state index contributed by atoms with van der Waals surface area (Å²) in [5.41, 5.74) is 2.06. The second-order valence-corrected chi connectivity index (χ2v) is 4.66. The van der Waals surface area contributed by atoms with E-state index in [0.29, 0.717) is 19.7 Å². The summed E-state index contributed by atoms with van der Waals surface area (Å²) in [6.45, 7) is 1.52. The maximum atomic E-state index is 9.76. The van der Waals surface area contributed by atoms with Crippen molar-refractivity contribution in [3.63, 3.8) is 0 Å². The highest BCUT2D eigenvalue weighted by atomic mass is 35.5. The molecule has 18 heavy (non-hydrogen) atoms. The van der Waals surface area contributed by atoms with Gasteiger partial charge in [-0.2, -0.15) is 0 Å². The summed E-state index contributed by atoms with van der Waals surface area (Å²) in [6, 6.07) is 5.78. The number of hydrogen-bond donors (Lipinski definition) is 2. The van der Waals surface area contributed by atoms with Gasteiger partial charge in [-0.25, -0.2) is 0 Å². The van der Waals surface area contributed by atoms with Gasteiger partial charge >= 0.3 is 0 Å². The van der Waals surface area contributed by atoms with Crippen LogP contribution in [0, 0.1) is 0 Å². The summed E-state index contributed by atoms with van der Waals surface area (Å²) in [5, 5.41) is 13.6. The average Bonchev–Trinajstić information content (AvgIpc) is 2.32. The van der Waals surface area contributed by atoms with E-state index in [1.807, 2.05) is 37.2 Å². The zero-order valence-electron chi connectivity index (χ0n) is 11.1. The molecule has 0 spiro atoms. The molecule has 5 heteroatoms. The standard InChI is InChI=1S/C13H21ClN2O2/c1-15-7-11-12(14)5-4-6-13(11)16(2)8-10(17)9-18-3/h4-6,10,15,17H,7-9H2,1-3H3. The van der Waals surface area contributed by atoms with E-state index in [4.69, 9.17) is 16.3 Å². The van der Waals surface area contributed by atoms with Gasteiger partial charge in [0.15, 0.2) is 0 Å². The lowest BCUT2D eigenvalue weighted by Gasteiger charge is -2.25. The molecule has 0 amide bonds. The molecular weight excluding hydrogens is 252 g/mol. The van der Waals surface area contributed by atoms with E-state index in [9.17, 15) is 5.11 Å². The highest BCUT2D eigenvalue weighted by Crippen LogP contribution is 2.26. The minimum absolute atomic E-state index is 0.326. The minimum atomic E-state index is -0.513. The maximum Gasteiger partial charge on any atom is 0.0947 e. The number of hydrogen-bond acceptors (Lipinski definition) is 4. The first-order chi connectivity index (χ1) is 8.60. The van der Waals surface area contributed by atoms with E-state index in [0.717, 1.165) is 16.3 Å². The quantitative estimate of drug-likeness (QED) is 0.790. The molecule has 1 atom stereocenters. The highest BCUT2D eigenvalue weighted by molar-refractivity contribution is 6.31. The van der Waals surface area contributed by atoms with Crippen LogP contribution in [-0.4, -0.2) is 45.6 Å². The number of aliphatic hydroxyl groups excluding tert-OH is 1. The first-order valence-corrected chi connectivity index (χ1v) is 6.28. The van der Waals surface area contributed by atoms with E-state index in [1.54, 1.807) is 7.11 Å². The smallest absolute Gasteiger partial charge is 0.0947 e. The van der Waals surface area contributed by atoms with Gasteiger partial charge in [0.25, 0.3) is 0 Å². The van der Waals surface area contributed by atoms with Crippen LogP contribution in [-0.2, 0) is 11.3 Å². The summed E-state index contributed by atoms with van der Waals surface area (Å²) >= 11 is 6.20. The van der Waals surface area contributed by atoms with Crippen LogP contribution in [0.3, 0.4) is 0 Å². The molecule has 2 N–H and O–H groups in total. The Kier molecular flexibility index (Phi) is 6.43. The van der Waals surface area contributed by atoms with Crippen molar-refractivity contribution in [3.05, 3.63) is 28.8 Å². The fourth-order valence-electron chi connectivity index (χ4n) is 1.92. The van der Waals surface area contributed by atoms with Gasteiger partial charge in [-0.1, -0.05) is 17.7 Å². The van der Waals surface area contributed by atoms with Crippen molar-refractivity contribution in [2.24, 2.45) is 0 Å². The van der Waals surface area contributed by atoms with Crippen molar-refractivity contribution < 1.29 is 9.84 Å². The van der Waals surface area contributed by atoms with Crippen LogP contribution in [0.2, 0.25) is 5.02 Å². The second kappa shape index (κ2) is 7.59. The fraction of sp³-hybridized carbons (Fsp3) is 0.538. The maximum absolute atomic E-state index is 9.76. The van der Waals surface area contributed by atoms with Crippen molar-refractivity contribution in [1.82, 2.24) is 5.32 Å². The lowest BCUT2D eigenvalue weighted by Crippen LogP contribution is -2.32. The number of methoxy groups -OCH3 is 1. The summed E-state index contributed by atoms with van der Waals surface area (Å²) in [4.78, 5) is 1.99. The van der Waals surface area contributed by atoms with E-state index < -0.39 is 6.10 Å². The third-order valence-electron chi connectivity index (χ3n) is 2.70. The van der Waals surface area contributed by atoms with E-state index in [1.165, 1.54) is 0 Å². The van der Waals surface area contributed by atoms with Gasteiger partial charge < -0.3 is 20.1 Å². The number of benzene rings is 1. The minimum Gasteiger partial charge on any atom is -0.389 e. The molecule has 102 valence electrons. The summed E-state index contributed by atoms with van der Waals surface area (Å²) < 4.78 is 4.93. The lowest BCUT2D eigenvalue weighted by molar-refractivity contribution is 0.0695. The van der Waals surface area contributed by atoms with Crippen molar-refractivity contribution >= 4 is 17.3 Å². The van der Waals surface area contributed by atoms with Gasteiger partial charge in [0.1, 0.15) is 0 Å². The molecule has 1 unspecified atom stereocenters. The molecule has 1 rings (SSSR count). The number of rotatable bonds is 7. The van der Waals surface area contributed by atoms with E-state index in [2.05, 4.69) is 5.32 Å². The second-order valence-electron chi connectivity index (χ2n) is 4.26. The molecule has 4 nitrogen and oxygen atoms in total. The zero-order valence-corrected chi connectivity index (χ0v) is 11.9. The number of nitrogens with one attached hydrogen (secondary N) is 1. The predicted molar refractivity (Wildman–Crippen MR) is 75.4 cm³/mol. The monoisotopic (exact) mass is 272 g/mol. The third-order valence-corrected chi connectivity index (χ3v) is 3.06. The molecule has 0 aromatic heterocycles. The number of anilines is 1. The molecular formula is C13H21ClN2O2. The first-order valence-electron chi connectivity index (χ1n) is 5.90. The van der Waals surface area contributed by atoms with Gasteiger partial charge in [-0.3, -0.25) is 0 Å². The SMILES string of the molecule is CNCc1c(Cl)cccc1N(C)CC(O)COC. The molecule has 0 aliphatic heterocycles. The average molecular weight is 273 g/mol. The van der Waals surface area contributed by atoms with E-state index in [-0.39, 0.29) is 0 Å². The van der Waals surface area contributed by atoms with Gasteiger partial charge in [-0.05, 0) is 19.2 Å². The molecule has 0 aliphatic rings. The van der Waals surface area contributed by atoms with Crippen LogP contribution in [0.5, 0.6) is 0 Å². The van der Waals surface area contributed by atoms with Gasteiger partial charge in [0.05, 0.1) is 12.7 Å². The van der Waals surface area contributed by atoms with Gasteiger partial charge in [0.2, 0.25) is 0 Å². The molecule has 1 aromatic carbocycles. The van der Waals surface area contributed by atoms with Crippen LogP contribution < -0.4 is 10.2 Å². The predicted octanol–water partition coefficient (Wildman–Crippen LogP) is 1.50. The van der Waals surface area contributed by atoms with Crippen LogP contribution in [0.25, 0.3) is 0 Å². The number of halogens is 1. The van der Waals surface area contributed by atoms with Crippen molar-refractivity contribution in [3.8, 4) is 0 Å². The van der Waals surface area contributed by atoms with Crippen LogP contribution >= 0.6 is 11.6 Å². The Bertz CT molecular complexity index is 374. The van der Waals surface area contributed by atoms with Gasteiger partial charge in [-0.15, -0.1) is 0 Å². The highest BCUT2D eigenvalue weighted by Gasteiger charge is 2.13. The Labute approximate surface area is 114 Å². The molecule has 0 heterocycles. The molecule has 0 saturated carbocycles. The van der Waals surface area contributed by atoms with E-state index >= 15 is 0 Å². The Hall–Kier alpha value is -0.810. The van der Waals surface area contributed by atoms with Crippen LogP contribution in [0.1, 0.15) is 5.56 Å². The molecule has 0 bridgehead atoms. The molecule has 0 fully saturated rings. The summed E-state index contributed by atoms with van der Waals surface area (Å²) in [7, 11) is 5.39. The summed E-state index contributed by atoms with van der Waals surface area (Å²) in [5.74, 6) is 0. The number of ether oxygens (including phenoxy) is 1. The Morgan fingerprint density at radius 3 is 2.83 bits per heavy atom. The van der Waals surface area contributed by atoms with Crippen molar-refractivity contribution in [2.75, 3.05) is 39.3 Å². The number of likely N-dealkylation sites (N-methyl/N-ethyl adjacent to an activating group) is 1. The molecule has 0 radical (unpaired) electrons. The Morgan fingerprint density at radius 1 is 1.50 bits per heavy atom. The normalized spacial score (nSPS) is 12.5. The largest absolute Gasteiger partial charge is 0.389 e. The van der Waals surface area contributed by atoms with Crippen LogP contribution in [0.15, 0.2) is 18.2 Å². The van der Waals surface area contributed by atoms with Crippen molar-refractivity contribution in [1.29, 1.82) is 0 Å². The molecule has 0 aliphatic carbocycles. The summed E-state index contributed by atoms with van der Waals surface area (Å²) in [6.07, 6.45) is -0.513. The van der Waals surface area contributed by atoms with Crippen LogP contribution in [0.4, 0.5) is 5.69 Å². The Balaban J connectivity index is 2.84. The topological polar surface area (TPSA) is 44.7 Å². The fourth-order valence-corrected chi connectivity index (χ4v) is 2.15. The lowest BCUT2D eigenvalue weighted by atomic mass is 10.1. The zero-order chi connectivity index (χ0) is 13.5. The van der Waals surface area contributed by atoms with Gasteiger partial charge in [0, 0.05) is 43.5 Å². The molecule has 0 saturated heterocycles. The third kappa shape index (κ3) is 4.14. The number of nitrogens with zero attached hydrogens (tertiary/aromatic N) is 1. The number of aliphatic hydroxyl groups is 1.